The molecule has 0 saturated carbocycles. The minimum absolute atomic E-state index is 0.184. The van der Waals surface area contributed by atoms with Crippen LogP contribution in [0.5, 0.6) is 0 Å². The lowest BCUT2D eigenvalue weighted by Crippen LogP contribution is -2.47. The number of benzene rings is 1. The molecule has 1 aromatic rings. The zero-order chi connectivity index (χ0) is 18.1. The monoisotopic (exact) mass is 340 g/mol. The number of hydrogen-bond donors (Lipinski definition) is 0. The summed E-state index contributed by atoms with van der Waals surface area (Å²) in [6.07, 6.45) is 6.42. The van der Waals surface area contributed by atoms with E-state index in [9.17, 15) is 9.59 Å². The number of hydrogen-bond acceptors (Lipinski definition) is 4. The fourth-order valence-corrected chi connectivity index (χ4v) is 2.94. The summed E-state index contributed by atoms with van der Waals surface area (Å²) < 4.78 is 10.5. The third-order valence-corrected chi connectivity index (χ3v) is 4.18. The maximum absolute atomic E-state index is 12.8. The second kappa shape index (κ2) is 9.08. The topological polar surface area (TPSA) is 52.6 Å². The van der Waals surface area contributed by atoms with Crippen molar-refractivity contribution in [2.24, 2.45) is 11.3 Å². The first-order valence-corrected chi connectivity index (χ1v) is 8.74. The molecule has 1 aromatic carbocycles. The first kappa shape index (κ1) is 18.8. The maximum Gasteiger partial charge on any atom is 0.336 e. The van der Waals surface area contributed by atoms with Gasteiger partial charge in [0.1, 0.15) is 0 Å². The van der Waals surface area contributed by atoms with E-state index in [0.29, 0.717) is 6.42 Å². The van der Waals surface area contributed by atoms with Crippen molar-refractivity contribution in [3.8, 4) is 11.8 Å². The van der Waals surface area contributed by atoms with Crippen LogP contribution in [0, 0.1) is 23.2 Å². The lowest BCUT2D eigenvalue weighted by Gasteiger charge is -2.32. The van der Waals surface area contributed by atoms with Gasteiger partial charge in [0, 0.05) is 11.5 Å². The van der Waals surface area contributed by atoms with Crippen LogP contribution in [-0.4, -0.2) is 25.2 Å². The number of allylic oxidation sites excluding steroid dienone is 2. The smallest absolute Gasteiger partial charge is 0.336 e. The Labute approximate surface area is 149 Å². The Bertz CT molecular complexity index is 661. The van der Waals surface area contributed by atoms with Gasteiger partial charge in [0.25, 0.3) is 0 Å². The standard InChI is InChI=1S/C21H24O4/c1-3-24-19(22)21(20(23)25-4-2,18-13-9-6-10-14-18)16-15-17-11-7-5-8-12-17/h5,7-9,11-13,18H,3-4,6,10,14H2,1-2H3. The average molecular weight is 340 g/mol. The normalized spacial score (nSPS) is 16.5. The Balaban J connectivity index is 2.55. The summed E-state index contributed by atoms with van der Waals surface area (Å²) in [6, 6.07) is 9.29. The van der Waals surface area contributed by atoms with Crippen molar-refractivity contribution in [3.63, 3.8) is 0 Å². The zero-order valence-corrected chi connectivity index (χ0v) is 14.8. The fraction of sp³-hybridized carbons (Fsp3) is 0.429. The van der Waals surface area contributed by atoms with Crippen LogP contribution in [0.4, 0.5) is 0 Å². The number of carbonyl (C=O) groups excluding carboxylic acids is 2. The Kier molecular flexibility index (Phi) is 6.82. The summed E-state index contributed by atoms with van der Waals surface area (Å²) >= 11 is 0. The molecule has 0 spiro atoms. The molecular formula is C21H24O4. The molecule has 0 heterocycles. The molecule has 132 valence electrons. The van der Waals surface area contributed by atoms with Crippen molar-refractivity contribution in [3.05, 3.63) is 48.0 Å². The number of carbonyl (C=O) groups is 2. The largest absolute Gasteiger partial charge is 0.464 e. The Morgan fingerprint density at radius 2 is 1.76 bits per heavy atom. The van der Waals surface area contributed by atoms with E-state index in [0.717, 1.165) is 18.4 Å². The van der Waals surface area contributed by atoms with Crippen LogP contribution < -0.4 is 0 Å². The summed E-state index contributed by atoms with van der Waals surface area (Å²) in [7, 11) is 0. The molecule has 0 bridgehead atoms. The van der Waals surface area contributed by atoms with Gasteiger partial charge in [0.2, 0.25) is 5.41 Å². The Morgan fingerprint density at radius 3 is 2.28 bits per heavy atom. The van der Waals surface area contributed by atoms with E-state index < -0.39 is 17.4 Å². The van der Waals surface area contributed by atoms with Gasteiger partial charge in [-0.05, 0) is 45.2 Å². The van der Waals surface area contributed by atoms with E-state index in [4.69, 9.17) is 9.47 Å². The Hall–Kier alpha value is -2.54. The molecule has 0 saturated heterocycles. The van der Waals surface area contributed by atoms with Crippen molar-refractivity contribution >= 4 is 11.9 Å². The van der Waals surface area contributed by atoms with Gasteiger partial charge in [0.05, 0.1) is 13.2 Å². The molecule has 0 fully saturated rings. The van der Waals surface area contributed by atoms with Crippen LogP contribution in [0.3, 0.4) is 0 Å². The minimum Gasteiger partial charge on any atom is -0.464 e. The maximum atomic E-state index is 12.8. The molecule has 0 aromatic heterocycles. The van der Waals surface area contributed by atoms with Gasteiger partial charge in [-0.2, -0.15) is 0 Å². The number of ether oxygens (including phenoxy) is 2. The predicted octanol–water partition coefficient (Wildman–Crippen LogP) is 3.51. The van der Waals surface area contributed by atoms with Gasteiger partial charge in [-0.15, -0.1) is 0 Å². The second-order valence-electron chi connectivity index (χ2n) is 5.83. The van der Waals surface area contributed by atoms with E-state index in [-0.39, 0.29) is 19.1 Å². The zero-order valence-electron chi connectivity index (χ0n) is 14.8. The van der Waals surface area contributed by atoms with E-state index in [1.807, 2.05) is 42.5 Å². The van der Waals surface area contributed by atoms with Crippen molar-refractivity contribution in [2.45, 2.75) is 33.1 Å². The molecular weight excluding hydrogens is 316 g/mol. The highest BCUT2D eigenvalue weighted by atomic mass is 16.6. The van der Waals surface area contributed by atoms with E-state index >= 15 is 0 Å². The van der Waals surface area contributed by atoms with Crippen LogP contribution in [0.15, 0.2) is 42.5 Å². The van der Waals surface area contributed by atoms with Crippen LogP contribution >= 0.6 is 0 Å². The summed E-state index contributed by atoms with van der Waals surface area (Å²) in [6.45, 7) is 3.80. The van der Waals surface area contributed by atoms with Crippen LogP contribution in [0.1, 0.15) is 38.7 Å². The Morgan fingerprint density at radius 1 is 1.12 bits per heavy atom. The highest BCUT2D eigenvalue weighted by Crippen LogP contribution is 2.38. The van der Waals surface area contributed by atoms with Gasteiger partial charge < -0.3 is 9.47 Å². The molecule has 0 amide bonds. The minimum atomic E-state index is -1.63. The summed E-state index contributed by atoms with van der Waals surface area (Å²) in [5, 5.41) is 0. The summed E-state index contributed by atoms with van der Waals surface area (Å²) in [4.78, 5) is 25.7. The van der Waals surface area contributed by atoms with E-state index in [1.54, 1.807) is 13.8 Å². The molecule has 1 aliphatic carbocycles. The predicted molar refractivity (Wildman–Crippen MR) is 95.5 cm³/mol. The summed E-state index contributed by atoms with van der Waals surface area (Å²) in [5.41, 5.74) is -0.890. The molecule has 0 radical (unpaired) electrons. The molecule has 1 unspecified atom stereocenters. The van der Waals surface area contributed by atoms with Crippen molar-refractivity contribution < 1.29 is 19.1 Å². The van der Waals surface area contributed by atoms with Crippen molar-refractivity contribution in [2.75, 3.05) is 13.2 Å². The molecule has 1 atom stereocenters. The first-order chi connectivity index (χ1) is 12.1. The molecule has 0 N–H and O–H groups in total. The van der Waals surface area contributed by atoms with Crippen molar-refractivity contribution in [1.29, 1.82) is 0 Å². The van der Waals surface area contributed by atoms with Gasteiger partial charge >= 0.3 is 11.9 Å². The molecule has 0 aliphatic heterocycles. The summed E-state index contributed by atoms with van der Waals surface area (Å²) in [5.74, 6) is 4.30. The van der Waals surface area contributed by atoms with Gasteiger partial charge in [-0.1, -0.05) is 42.2 Å². The van der Waals surface area contributed by atoms with Crippen molar-refractivity contribution in [1.82, 2.24) is 0 Å². The molecule has 1 aliphatic rings. The highest BCUT2D eigenvalue weighted by molar-refractivity contribution is 6.04. The van der Waals surface area contributed by atoms with Crippen LogP contribution in [0.25, 0.3) is 0 Å². The first-order valence-electron chi connectivity index (χ1n) is 8.74. The fourth-order valence-electron chi connectivity index (χ4n) is 2.94. The third-order valence-electron chi connectivity index (χ3n) is 4.18. The lowest BCUT2D eigenvalue weighted by molar-refractivity contribution is -0.170. The lowest BCUT2D eigenvalue weighted by atomic mass is 9.71. The molecule has 25 heavy (non-hydrogen) atoms. The van der Waals surface area contributed by atoms with E-state index in [1.165, 1.54) is 0 Å². The number of esters is 2. The second-order valence-corrected chi connectivity index (χ2v) is 5.83. The van der Waals surface area contributed by atoms with Gasteiger partial charge in [-0.3, -0.25) is 0 Å². The average Bonchev–Trinajstić information content (AvgIpc) is 2.64. The third kappa shape index (κ3) is 4.30. The van der Waals surface area contributed by atoms with Crippen LogP contribution in [0.2, 0.25) is 0 Å². The molecule has 4 heteroatoms. The van der Waals surface area contributed by atoms with Gasteiger partial charge in [-0.25, -0.2) is 9.59 Å². The van der Waals surface area contributed by atoms with Crippen LogP contribution in [-0.2, 0) is 19.1 Å². The van der Waals surface area contributed by atoms with E-state index in [2.05, 4.69) is 11.8 Å². The molecule has 4 nitrogen and oxygen atoms in total. The number of rotatable bonds is 5. The molecule has 2 rings (SSSR count). The highest BCUT2D eigenvalue weighted by Gasteiger charge is 2.53. The SMILES string of the molecule is CCOC(=O)C(C#Cc1ccccc1)(C(=O)OCC)C1C=CCCC1. The van der Waals surface area contributed by atoms with Gasteiger partial charge in [0.15, 0.2) is 0 Å². The quantitative estimate of drug-likeness (QED) is 0.356.